The molecular weight excluding hydrogens is 265 g/mol. The molecular formula is C15H21Cl2N. The van der Waals surface area contributed by atoms with Crippen molar-refractivity contribution in [1.29, 1.82) is 0 Å². The van der Waals surface area contributed by atoms with Crippen LogP contribution in [0.1, 0.15) is 44.6 Å². The number of benzene rings is 1. The summed E-state index contributed by atoms with van der Waals surface area (Å²) in [5, 5.41) is 5.10. The van der Waals surface area contributed by atoms with E-state index in [1.165, 1.54) is 32.1 Å². The monoisotopic (exact) mass is 285 g/mol. The Morgan fingerprint density at radius 2 is 1.78 bits per heavy atom. The summed E-state index contributed by atoms with van der Waals surface area (Å²) in [6, 6.07) is 4.43. The highest BCUT2D eigenvalue weighted by Gasteiger charge is 2.20. The van der Waals surface area contributed by atoms with Crippen LogP contribution in [0.2, 0.25) is 10.0 Å². The molecule has 2 rings (SSSR count). The molecule has 1 aliphatic rings. The second-order valence-electron chi connectivity index (χ2n) is 5.35. The van der Waals surface area contributed by atoms with Gasteiger partial charge >= 0.3 is 0 Å². The van der Waals surface area contributed by atoms with E-state index in [2.05, 4.69) is 12.2 Å². The number of anilines is 1. The lowest BCUT2D eigenvalue weighted by Gasteiger charge is -2.29. The zero-order chi connectivity index (χ0) is 13.1. The fraction of sp³-hybridized carbons (Fsp3) is 0.600. The fourth-order valence-corrected chi connectivity index (χ4v) is 3.13. The minimum atomic E-state index is 0.545. The van der Waals surface area contributed by atoms with Crippen LogP contribution in [0, 0.1) is 12.8 Å². The van der Waals surface area contributed by atoms with Crippen LogP contribution in [0.15, 0.2) is 12.1 Å². The van der Waals surface area contributed by atoms with Crippen LogP contribution in [0.4, 0.5) is 5.69 Å². The zero-order valence-electron chi connectivity index (χ0n) is 11.1. The lowest BCUT2D eigenvalue weighted by atomic mass is 9.84. The number of aryl methyl sites for hydroxylation is 1. The van der Waals surface area contributed by atoms with E-state index in [9.17, 15) is 0 Å². The highest BCUT2D eigenvalue weighted by atomic mass is 35.5. The summed E-state index contributed by atoms with van der Waals surface area (Å²) >= 11 is 12.4. The summed E-state index contributed by atoms with van der Waals surface area (Å²) in [6.45, 7) is 4.26. The predicted molar refractivity (Wildman–Crippen MR) is 80.9 cm³/mol. The molecule has 0 atom stereocenters. The SMILES string of the molecule is CCC1CCC(Nc2cc(Cl)c(C)cc2Cl)CC1. The molecule has 0 saturated heterocycles. The standard InChI is InChI=1S/C15H21Cl2N/c1-3-11-4-6-12(7-5-11)18-15-9-13(16)10(2)8-14(15)17/h8-9,11-12,18H,3-7H2,1-2H3. The van der Waals surface area contributed by atoms with Crippen molar-refractivity contribution in [2.24, 2.45) is 5.92 Å². The number of rotatable bonds is 3. The summed E-state index contributed by atoms with van der Waals surface area (Å²) in [4.78, 5) is 0. The Labute approximate surface area is 120 Å². The van der Waals surface area contributed by atoms with Gasteiger partial charge in [0, 0.05) is 11.1 Å². The Kier molecular flexibility index (Phi) is 4.80. The number of nitrogens with one attached hydrogen (secondary N) is 1. The molecule has 0 aromatic heterocycles. The summed E-state index contributed by atoms with van der Waals surface area (Å²) in [7, 11) is 0. The topological polar surface area (TPSA) is 12.0 Å². The van der Waals surface area contributed by atoms with Gasteiger partial charge in [0.1, 0.15) is 0 Å². The van der Waals surface area contributed by atoms with Crippen molar-refractivity contribution in [2.75, 3.05) is 5.32 Å². The highest BCUT2D eigenvalue weighted by molar-refractivity contribution is 6.35. The van der Waals surface area contributed by atoms with Gasteiger partial charge in [0.2, 0.25) is 0 Å². The first-order valence-corrected chi connectivity index (χ1v) is 7.58. The van der Waals surface area contributed by atoms with E-state index in [-0.39, 0.29) is 0 Å². The lowest BCUT2D eigenvalue weighted by Crippen LogP contribution is -2.26. The van der Waals surface area contributed by atoms with Gasteiger partial charge in [-0.05, 0) is 56.2 Å². The van der Waals surface area contributed by atoms with Gasteiger partial charge in [-0.25, -0.2) is 0 Å². The summed E-state index contributed by atoms with van der Waals surface area (Å²) in [5.41, 5.74) is 2.01. The van der Waals surface area contributed by atoms with Crippen LogP contribution >= 0.6 is 23.2 Å². The van der Waals surface area contributed by atoms with Crippen molar-refractivity contribution in [1.82, 2.24) is 0 Å². The normalized spacial score (nSPS) is 24.0. The van der Waals surface area contributed by atoms with E-state index in [1.807, 2.05) is 19.1 Å². The van der Waals surface area contributed by atoms with Gasteiger partial charge in [0.05, 0.1) is 10.7 Å². The molecule has 18 heavy (non-hydrogen) atoms. The molecule has 3 heteroatoms. The zero-order valence-corrected chi connectivity index (χ0v) is 12.6. The lowest BCUT2D eigenvalue weighted by molar-refractivity contribution is 0.330. The fourth-order valence-electron chi connectivity index (χ4n) is 2.69. The van der Waals surface area contributed by atoms with Gasteiger partial charge in [-0.15, -0.1) is 0 Å². The van der Waals surface area contributed by atoms with Crippen LogP contribution in [-0.2, 0) is 0 Å². The Hall–Kier alpha value is -0.400. The number of hydrogen-bond donors (Lipinski definition) is 1. The molecule has 0 aliphatic heterocycles. The minimum Gasteiger partial charge on any atom is -0.381 e. The first kappa shape index (κ1) is 14.0. The van der Waals surface area contributed by atoms with Gasteiger partial charge in [-0.1, -0.05) is 36.5 Å². The van der Waals surface area contributed by atoms with Crippen molar-refractivity contribution in [2.45, 2.75) is 52.0 Å². The highest BCUT2D eigenvalue weighted by Crippen LogP contribution is 2.33. The Balaban J connectivity index is 2.00. The molecule has 0 unspecified atom stereocenters. The van der Waals surface area contributed by atoms with E-state index in [1.54, 1.807) is 0 Å². The molecule has 0 radical (unpaired) electrons. The second-order valence-corrected chi connectivity index (χ2v) is 6.17. The molecule has 0 bridgehead atoms. The first-order valence-electron chi connectivity index (χ1n) is 6.82. The maximum Gasteiger partial charge on any atom is 0.0641 e. The first-order chi connectivity index (χ1) is 8.60. The Morgan fingerprint density at radius 3 is 2.39 bits per heavy atom. The average molecular weight is 286 g/mol. The molecule has 100 valence electrons. The molecule has 1 aliphatic carbocycles. The second kappa shape index (κ2) is 6.16. The van der Waals surface area contributed by atoms with Crippen molar-refractivity contribution < 1.29 is 0 Å². The number of halogens is 2. The van der Waals surface area contributed by atoms with Gasteiger partial charge in [0.15, 0.2) is 0 Å². The summed E-state index contributed by atoms with van der Waals surface area (Å²) < 4.78 is 0. The van der Waals surface area contributed by atoms with Gasteiger partial charge in [0.25, 0.3) is 0 Å². The largest absolute Gasteiger partial charge is 0.381 e. The molecule has 0 heterocycles. The average Bonchev–Trinajstić information content (AvgIpc) is 2.37. The van der Waals surface area contributed by atoms with E-state index in [0.717, 1.165) is 27.2 Å². The molecule has 1 aromatic carbocycles. The third-order valence-corrected chi connectivity index (χ3v) is 4.75. The molecule has 1 nitrogen and oxygen atoms in total. The van der Waals surface area contributed by atoms with Crippen molar-refractivity contribution in [3.8, 4) is 0 Å². The van der Waals surface area contributed by atoms with E-state index in [4.69, 9.17) is 23.2 Å². The van der Waals surface area contributed by atoms with Crippen molar-refractivity contribution >= 4 is 28.9 Å². The van der Waals surface area contributed by atoms with E-state index < -0.39 is 0 Å². The minimum absolute atomic E-state index is 0.545. The van der Waals surface area contributed by atoms with Crippen LogP contribution < -0.4 is 5.32 Å². The van der Waals surface area contributed by atoms with E-state index >= 15 is 0 Å². The van der Waals surface area contributed by atoms with Gasteiger partial charge in [-0.2, -0.15) is 0 Å². The van der Waals surface area contributed by atoms with E-state index in [0.29, 0.717) is 6.04 Å². The molecule has 0 spiro atoms. The maximum atomic E-state index is 6.26. The molecule has 1 fully saturated rings. The van der Waals surface area contributed by atoms with Crippen molar-refractivity contribution in [3.05, 3.63) is 27.7 Å². The molecule has 1 aromatic rings. The Morgan fingerprint density at radius 1 is 1.11 bits per heavy atom. The van der Waals surface area contributed by atoms with Gasteiger partial charge in [-0.3, -0.25) is 0 Å². The Bertz CT molecular complexity index is 409. The molecule has 1 N–H and O–H groups in total. The van der Waals surface area contributed by atoms with Gasteiger partial charge < -0.3 is 5.32 Å². The van der Waals surface area contributed by atoms with Crippen LogP contribution in [0.25, 0.3) is 0 Å². The molecule has 1 saturated carbocycles. The smallest absolute Gasteiger partial charge is 0.0641 e. The number of hydrogen-bond acceptors (Lipinski definition) is 1. The quantitative estimate of drug-likeness (QED) is 0.753. The summed E-state index contributed by atoms with van der Waals surface area (Å²) in [5.74, 6) is 0.917. The third-order valence-electron chi connectivity index (χ3n) is 4.03. The van der Waals surface area contributed by atoms with Crippen molar-refractivity contribution in [3.63, 3.8) is 0 Å². The van der Waals surface area contributed by atoms with Crippen LogP contribution in [0.3, 0.4) is 0 Å². The van der Waals surface area contributed by atoms with Crippen LogP contribution in [-0.4, -0.2) is 6.04 Å². The predicted octanol–water partition coefficient (Wildman–Crippen LogP) is 5.68. The molecule has 0 amide bonds. The maximum absolute atomic E-state index is 6.26. The summed E-state index contributed by atoms with van der Waals surface area (Å²) in [6.07, 6.45) is 6.43. The third kappa shape index (κ3) is 3.33. The van der Waals surface area contributed by atoms with Crippen LogP contribution in [0.5, 0.6) is 0 Å².